The molecule has 10 rings (SSSR count). The van der Waals surface area contributed by atoms with Gasteiger partial charge in [0.2, 0.25) is 5.95 Å². The fourth-order valence-electron chi connectivity index (χ4n) is 6.69. The number of hydrogen-bond donors (Lipinski definition) is 0. The predicted molar refractivity (Wildman–Crippen MR) is 185 cm³/mol. The Labute approximate surface area is 253 Å². The van der Waals surface area contributed by atoms with Crippen molar-refractivity contribution in [2.75, 3.05) is 0 Å². The zero-order chi connectivity index (χ0) is 28.1. The van der Waals surface area contributed by atoms with Gasteiger partial charge in [-0.15, -0.1) is 22.7 Å². The topological polar surface area (TPSA) is 30.7 Å². The maximum absolute atomic E-state index is 5.34. The van der Waals surface area contributed by atoms with Gasteiger partial charge in [-0.05, 0) is 41.1 Å². The van der Waals surface area contributed by atoms with Crippen LogP contribution in [0.2, 0.25) is 0 Å². The van der Waals surface area contributed by atoms with Crippen LogP contribution in [0.15, 0.2) is 127 Å². The van der Waals surface area contributed by atoms with Gasteiger partial charge >= 0.3 is 0 Å². The molecule has 43 heavy (non-hydrogen) atoms. The highest BCUT2D eigenvalue weighted by molar-refractivity contribution is 7.26. The van der Waals surface area contributed by atoms with Crippen molar-refractivity contribution >= 4 is 95.7 Å². The summed E-state index contributed by atoms with van der Waals surface area (Å²) in [7, 11) is 0. The van der Waals surface area contributed by atoms with Gasteiger partial charge in [0.05, 0.1) is 26.9 Å². The maximum Gasteiger partial charge on any atom is 0.235 e. The smallest absolute Gasteiger partial charge is 0.235 e. The third-order valence-electron chi connectivity index (χ3n) is 8.61. The first-order chi connectivity index (χ1) is 21.3. The van der Waals surface area contributed by atoms with Crippen LogP contribution in [0.25, 0.3) is 90.3 Å². The Balaban J connectivity index is 1.35. The highest BCUT2D eigenvalue weighted by Gasteiger charge is 2.21. The van der Waals surface area contributed by atoms with Crippen molar-refractivity contribution in [2.45, 2.75) is 0 Å². The minimum Gasteiger partial charge on any atom is -0.278 e. The molecular formula is C38H21N3S2. The van der Waals surface area contributed by atoms with Gasteiger partial charge in [-0.25, -0.2) is 9.97 Å². The van der Waals surface area contributed by atoms with E-state index in [2.05, 4.69) is 132 Å². The summed E-state index contributed by atoms with van der Waals surface area (Å²) in [4.78, 5) is 10.7. The number of fused-ring (bicyclic) bond motifs is 11. The van der Waals surface area contributed by atoms with Crippen molar-refractivity contribution in [3.05, 3.63) is 127 Å². The average molecular weight is 584 g/mol. The molecule has 0 amide bonds. The van der Waals surface area contributed by atoms with Crippen LogP contribution in [0, 0.1) is 0 Å². The summed E-state index contributed by atoms with van der Waals surface area (Å²) >= 11 is 3.63. The van der Waals surface area contributed by atoms with Crippen LogP contribution in [-0.4, -0.2) is 14.5 Å². The van der Waals surface area contributed by atoms with Gasteiger partial charge in [0.15, 0.2) is 0 Å². The summed E-state index contributed by atoms with van der Waals surface area (Å²) in [6, 6.07) is 45.7. The van der Waals surface area contributed by atoms with Crippen molar-refractivity contribution in [1.82, 2.24) is 14.5 Å². The van der Waals surface area contributed by atoms with E-state index in [4.69, 9.17) is 9.97 Å². The number of nitrogens with zero attached hydrogens (tertiary/aromatic N) is 3. The molecule has 10 aromatic rings. The highest BCUT2D eigenvalue weighted by Crippen LogP contribution is 2.44. The second-order valence-corrected chi connectivity index (χ2v) is 13.1. The molecule has 0 N–H and O–H groups in total. The average Bonchev–Trinajstić information content (AvgIpc) is 3.73. The SMILES string of the molecule is c1ccc(-c2nc(-n3c4ccccc4c4cc5c(cc43)sc3ccc4ccccc4c35)nc3c2sc2ccccc23)cc1. The molecule has 0 unspecified atom stereocenters. The fraction of sp³-hybridized carbons (Fsp3) is 0. The van der Waals surface area contributed by atoms with E-state index in [0.717, 1.165) is 32.5 Å². The van der Waals surface area contributed by atoms with E-state index in [9.17, 15) is 0 Å². The van der Waals surface area contributed by atoms with Crippen LogP contribution in [0.1, 0.15) is 0 Å². The molecular weight excluding hydrogens is 563 g/mol. The first-order valence-electron chi connectivity index (χ1n) is 14.3. The zero-order valence-electron chi connectivity index (χ0n) is 22.8. The quantitative estimate of drug-likeness (QED) is 0.203. The molecule has 0 fully saturated rings. The normalized spacial score (nSPS) is 12.2. The minimum atomic E-state index is 0.701. The number of hydrogen-bond acceptors (Lipinski definition) is 4. The third kappa shape index (κ3) is 3.29. The van der Waals surface area contributed by atoms with Gasteiger partial charge < -0.3 is 0 Å². The lowest BCUT2D eigenvalue weighted by Crippen LogP contribution is -2.02. The molecule has 0 aliphatic carbocycles. The summed E-state index contributed by atoms with van der Waals surface area (Å²) < 4.78 is 7.20. The molecule has 0 saturated carbocycles. The van der Waals surface area contributed by atoms with E-state index in [1.54, 1.807) is 11.3 Å². The molecule has 0 bridgehead atoms. The molecule has 0 radical (unpaired) electrons. The molecule has 4 aromatic heterocycles. The molecule has 0 aliphatic rings. The molecule has 5 heteroatoms. The number of thiophene rings is 2. The summed E-state index contributed by atoms with van der Waals surface area (Å²) in [5.41, 5.74) is 5.32. The number of aromatic nitrogens is 3. The Hall–Kier alpha value is -5.10. The van der Waals surface area contributed by atoms with E-state index < -0.39 is 0 Å². The van der Waals surface area contributed by atoms with Crippen LogP contribution >= 0.6 is 22.7 Å². The highest BCUT2D eigenvalue weighted by atomic mass is 32.1. The monoisotopic (exact) mass is 583 g/mol. The van der Waals surface area contributed by atoms with E-state index in [1.165, 1.54) is 51.8 Å². The van der Waals surface area contributed by atoms with E-state index >= 15 is 0 Å². The number of rotatable bonds is 2. The van der Waals surface area contributed by atoms with Crippen molar-refractivity contribution < 1.29 is 0 Å². The fourth-order valence-corrected chi connectivity index (χ4v) is 8.99. The summed E-state index contributed by atoms with van der Waals surface area (Å²) in [6.07, 6.45) is 0. The molecule has 3 nitrogen and oxygen atoms in total. The van der Waals surface area contributed by atoms with Crippen LogP contribution < -0.4 is 0 Å². The molecule has 200 valence electrons. The van der Waals surface area contributed by atoms with E-state index in [-0.39, 0.29) is 0 Å². The van der Waals surface area contributed by atoms with Gasteiger partial charge in [0.25, 0.3) is 0 Å². The van der Waals surface area contributed by atoms with Gasteiger partial charge in [-0.2, -0.15) is 0 Å². The molecule has 0 aliphatic heterocycles. The Morgan fingerprint density at radius 1 is 0.488 bits per heavy atom. The third-order valence-corrected chi connectivity index (χ3v) is 10.9. The Kier molecular flexibility index (Phi) is 4.75. The first kappa shape index (κ1) is 23.5. The van der Waals surface area contributed by atoms with Crippen molar-refractivity contribution in [3.8, 4) is 17.2 Å². The van der Waals surface area contributed by atoms with Crippen LogP contribution in [0.4, 0.5) is 0 Å². The lowest BCUT2D eigenvalue weighted by atomic mass is 10.0. The van der Waals surface area contributed by atoms with Crippen molar-refractivity contribution in [1.29, 1.82) is 0 Å². The Morgan fingerprint density at radius 3 is 2.16 bits per heavy atom. The molecule has 0 spiro atoms. The van der Waals surface area contributed by atoms with Gasteiger partial charge in [-0.3, -0.25) is 4.57 Å². The van der Waals surface area contributed by atoms with Crippen LogP contribution in [-0.2, 0) is 0 Å². The lowest BCUT2D eigenvalue weighted by molar-refractivity contribution is 1.02. The zero-order valence-corrected chi connectivity index (χ0v) is 24.4. The lowest BCUT2D eigenvalue weighted by Gasteiger charge is -2.10. The van der Waals surface area contributed by atoms with E-state index in [0.29, 0.717) is 5.95 Å². The number of para-hydroxylation sites is 1. The maximum atomic E-state index is 5.34. The summed E-state index contributed by atoms with van der Waals surface area (Å²) in [5.74, 6) is 0.701. The van der Waals surface area contributed by atoms with E-state index in [1.807, 2.05) is 11.3 Å². The molecule has 0 saturated heterocycles. The Bertz CT molecular complexity index is 2730. The van der Waals surface area contributed by atoms with Gasteiger partial charge in [0.1, 0.15) is 0 Å². The largest absolute Gasteiger partial charge is 0.278 e. The van der Waals surface area contributed by atoms with Crippen LogP contribution in [0.5, 0.6) is 0 Å². The second-order valence-electron chi connectivity index (χ2n) is 11.0. The summed E-state index contributed by atoms with van der Waals surface area (Å²) in [5, 5.41) is 8.82. The number of benzene rings is 6. The van der Waals surface area contributed by atoms with Gasteiger partial charge in [-0.1, -0.05) is 97.1 Å². The Morgan fingerprint density at radius 2 is 1.26 bits per heavy atom. The molecule has 6 aromatic carbocycles. The summed E-state index contributed by atoms with van der Waals surface area (Å²) in [6.45, 7) is 0. The van der Waals surface area contributed by atoms with Crippen molar-refractivity contribution in [3.63, 3.8) is 0 Å². The molecule has 0 atom stereocenters. The first-order valence-corrected chi connectivity index (χ1v) is 16.0. The van der Waals surface area contributed by atoms with Crippen LogP contribution in [0.3, 0.4) is 0 Å². The predicted octanol–water partition coefficient (Wildman–Crippen LogP) is 11.1. The van der Waals surface area contributed by atoms with Crippen molar-refractivity contribution in [2.24, 2.45) is 0 Å². The van der Waals surface area contributed by atoms with Gasteiger partial charge in [0, 0.05) is 46.6 Å². The second kappa shape index (κ2) is 8.71. The standard InChI is InChI=1S/C38H21N3S2/c1-2-11-23(12-3-1)35-37-36(26-15-7-9-17-31(26)43-37)40-38(39-35)41-29-16-8-6-14-25(29)27-20-28-33(21-30(27)41)42-32-19-18-22-10-4-5-13-24(22)34(28)32/h1-21H. The molecule has 4 heterocycles. The minimum absolute atomic E-state index is 0.701.